The first-order chi connectivity index (χ1) is 16.4. The molecule has 0 aliphatic carbocycles. The van der Waals surface area contributed by atoms with E-state index in [0.717, 1.165) is 4.90 Å². The minimum atomic E-state index is -1.14. The molecule has 2 amide bonds. The lowest BCUT2D eigenvalue weighted by molar-refractivity contribution is -0.384. The van der Waals surface area contributed by atoms with Gasteiger partial charge in [-0.25, -0.2) is 4.90 Å². The molecular weight excluding hydrogens is 460 g/mol. The number of carbonyl (C=O) groups is 3. The molecule has 2 heterocycles. The SMILES string of the molecule is O=C(C1=NN(c2ccc([N+](=O)[O-])cc2)C2C(=O)N(c3cccc(Cl)c3)C(=O)C12)c1ccccc1. The van der Waals surface area contributed by atoms with Crippen LogP contribution in [-0.4, -0.2) is 34.3 Å². The highest BCUT2D eigenvalue weighted by Crippen LogP contribution is 2.39. The molecule has 2 aliphatic heterocycles. The number of fused-ring (bicyclic) bond motifs is 1. The lowest BCUT2D eigenvalue weighted by atomic mass is 9.92. The van der Waals surface area contributed by atoms with Crippen LogP contribution in [0.15, 0.2) is 84.0 Å². The Balaban J connectivity index is 1.61. The van der Waals surface area contributed by atoms with Gasteiger partial charge in [-0.15, -0.1) is 0 Å². The van der Waals surface area contributed by atoms with Crippen LogP contribution in [-0.2, 0) is 9.59 Å². The molecule has 1 saturated heterocycles. The zero-order chi connectivity index (χ0) is 24.0. The second-order valence-corrected chi connectivity index (χ2v) is 8.15. The van der Waals surface area contributed by atoms with E-state index in [1.54, 1.807) is 48.5 Å². The van der Waals surface area contributed by atoms with Gasteiger partial charge in [-0.1, -0.05) is 48.0 Å². The maximum absolute atomic E-state index is 13.5. The number of non-ortho nitro benzene ring substituents is 1. The van der Waals surface area contributed by atoms with Gasteiger partial charge in [0.2, 0.25) is 11.7 Å². The molecule has 34 heavy (non-hydrogen) atoms. The van der Waals surface area contributed by atoms with E-state index < -0.39 is 34.5 Å². The van der Waals surface area contributed by atoms with Crippen LogP contribution < -0.4 is 9.91 Å². The lowest BCUT2D eigenvalue weighted by Crippen LogP contribution is -2.39. The average Bonchev–Trinajstić information content (AvgIpc) is 3.36. The van der Waals surface area contributed by atoms with Crippen molar-refractivity contribution in [3.05, 3.63) is 99.6 Å². The number of hydrazone groups is 1. The van der Waals surface area contributed by atoms with Crippen molar-refractivity contribution in [1.82, 2.24) is 0 Å². The molecule has 5 rings (SSSR count). The number of rotatable bonds is 5. The van der Waals surface area contributed by atoms with Crippen LogP contribution >= 0.6 is 11.6 Å². The first-order valence-electron chi connectivity index (χ1n) is 10.2. The van der Waals surface area contributed by atoms with Gasteiger partial charge >= 0.3 is 0 Å². The van der Waals surface area contributed by atoms with Gasteiger partial charge in [0.25, 0.3) is 11.6 Å². The number of nitro benzene ring substituents is 1. The molecule has 0 N–H and O–H groups in total. The minimum Gasteiger partial charge on any atom is -0.287 e. The molecule has 0 spiro atoms. The molecule has 2 aliphatic rings. The molecule has 3 aromatic carbocycles. The Morgan fingerprint density at radius 1 is 0.912 bits per heavy atom. The van der Waals surface area contributed by atoms with Crippen molar-refractivity contribution in [3.63, 3.8) is 0 Å². The van der Waals surface area contributed by atoms with E-state index in [9.17, 15) is 24.5 Å². The first-order valence-corrected chi connectivity index (χ1v) is 10.6. The Bertz CT molecular complexity index is 1370. The molecule has 0 bridgehead atoms. The highest BCUT2D eigenvalue weighted by molar-refractivity contribution is 6.53. The summed E-state index contributed by atoms with van der Waals surface area (Å²) in [5, 5.41) is 17.0. The van der Waals surface area contributed by atoms with Crippen molar-refractivity contribution in [3.8, 4) is 0 Å². The molecule has 2 atom stereocenters. The van der Waals surface area contributed by atoms with E-state index in [0.29, 0.717) is 16.3 Å². The van der Waals surface area contributed by atoms with Gasteiger partial charge in [0.15, 0.2) is 0 Å². The van der Waals surface area contributed by atoms with Gasteiger partial charge in [-0.3, -0.25) is 29.5 Å². The number of nitro groups is 1. The maximum Gasteiger partial charge on any atom is 0.269 e. The Hall–Kier alpha value is -4.37. The first kappa shape index (κ1) is 21.5. The number of hydrogen-bond donors (Lipinski definition) is 0. The molecule has 1 fully saturated rings. The van der Waals surface area contributed by atoms with E-state index in [4.69, 9.17) is 11.6 Å². The fourth-order valence-electron chi connectivity index (χ4n) is 4.15. The van der Waals surface area contributed by atoms with Crippen LogP contribution in [0.25, 0.3) is 0 Å². The quantitative estimate of drug-likeness (QED) is 0.240. The summed E-state index contributed by atoms with van der Waals surface area (Å²) in [6.45, 7) is 0. The monoisotopic (exact) mass is 474 g/mol. The van der Waals surface area contributed by atoms with Crippen molar-refractivity contribution in [1.29, 1.82) is 0 Å². The zero-order valence-corrected chi connectivity index (χ0v) is 18.1. The fraction of sp³-hybridized carbons (Fsp3) is 0.0833. The Kier molecular flexibility index (Phi) is 5.18. The van der Waals surface area contributed by atoms with Gasteiger partial charge in [0.05, 0.1) is 16.3 Å². The van der Waals surface area contributed by atoms with Gasteiger partial charge in [0, 0.05) is 22.7 Å². The number of halogens is 1. The summed E-state index contributed by atoms with van der Waals surface area (Å²) in [5.74, 6) is -2.79. The smallest absolute Gasteiger partial charge is 0.269 e. The molecule has 2 unspecified atom stereocenters. The average molecular weight is 475 g/mol. The number of anilines is 2. The summed E-state index contributed by atoms with van der Waals surface area (Å²) >= 11 is 6.07. The molecular formula is C24H15ClN4O5. The summed E-state index contributed by atoms with van der Waals surface area (Å²) < 4.78 is 0. The Morgan fingerprint density at radius 3 is 2.26 bits per heavy atom. The number of Topliss-reactive ketones (excluding diaryl/α,β-unsaturated/α-hetero) is 1. The highest BCUT2D eigenvalue weighted by atomic mass is 35.5. The topological polar surface area (TPSA) is 113 Å². The van der Waals surface area contributed by atoms with Crippen molar-refractivity contribution >= 4 is 52.0 Å². The third kappa shape index (κ3) is 3.43. The second kappa shape index (κ2) is 8.20. The maximum atomic E-state index is 13.5. The van der Waals surface area contributed by atoms with E-state index in [1.807, 2.05) is 0 Å². The van der Waals surface area contributed by atoms with Crippen LogP contribution in [0.2, 0.25) is 5.02 Å². The molecule has 0 saturated carbocycles. The van der Waals surface area contributed by atoms with Crippen molar-refractivity contribution in [2.75, 3.05) is 9.91 Å². The third-order valence-corrected chi connectivity index (χ3v) is 5.94. The van der Waals surface area contributed by atoms with Gasteiger partial charge in [-0.05, 0) is 30.3 Å². The van der Waals surface area contributed by atoms with Gasteiger partial charge in [-0.2, -0.15) is 5.10 Å². The number of imide groups is 1. The molecule has 0 radical (unpaired) electrons. The van der Waals surface area contributed by atoms with E-state index >= 15 is 0 Å². The predicted molar refractivity (Wildman–Crippen MR) is 125 cm³/mol. The number of hydrogen-bond acceptors (Lipinski definition) is 7. The summed E-state index contributed by atoms with van der Waals surface area (Å²) in [5.41, 5.74) is 0.737. The van der Waals surface area contributed by atoms with E-state index in [1.165, 1.54) is 35.3 Å². The van der Waals surface area contributed by atoms with Crippen molar-refractivity contribution < 1.29 is 19.3 Å². The summed E-state index contributed by atoms with van der Waals surface area (Å²) in [6.07, 6.45) is 0. The summed E-state index contributed by atoms with van der Waals surface area (Å²) in [6, 6.07) is 18.9. The summed E-state index contributed by atoms with van der Waals surface area (Å²) in [7, 11) is 0. The highest BCUT2D eigenvalue weighted by Gasteiger charge is 2.58. The number of benzene rings is 3. The number of carbonyl (C=O) groups excluding carboxylic acids is 3. The normalized spacial score (nSPS) is 19.3. The van der Waals surface area contributed by atoms with Crippen molar-refractivity contribution in [2.45, 2.75) is 6.04 Å². The number of amides is 2. The van der Waals surface area contributed by atoms with Crippen LogP contribution in [0.3, 0.4) is 0 Å². The summed E-state index contributed by atoms with van der Waals surface area (Å²) in [4.78, 5) is 51.8. The van der Waals surface area contributed by atoms with Crippen LogP contribution in [0, 0.1) is 16.0 Å². The standard InChI is InChI=1S/C24H15ClN4O5/c25-15-7-4-8-18(13-15)27-23(31)19-20(22(30)14-5-2-1-3-6-14)26-28(21(19)24(27)32)16-9-11-17(12-10-16)29(33)34/h1-13,19,21H. The minimum absolute atomic E-state index is 0.0718. The largest absolute Gasteiger partial charge is 0.287 e. The molecule has 168 valence electrons. The molecule has 0 aromatic heterocycles. The Labute approximate surface area is 198 Å². The van der Waals surface area contributed by atoms with Crippen LogP contribution in [0.4, 0.5) is 17.1 Å². The number of nitrogens with zero attached hydrogens (tertiary/aromatic N) is 4. The van der Waals surface area contributed by atoms with Gasteiger partial charge < -0.3 is 0 Å². The van der Waals surface area contributed by atoms with Crippen LogP contribution in [0.1, 0.15) is 10.4 Å². The number of ketones is 1. The lowest BCUT2D eigenvalue weighted by Gasteiger charge is -2.22. The van der Waals surface area contributed by atoms with Crippen molar-refractivity contribution in [2.24, 2.45) is 11.0 Å². The molecule has 9 nitrogen and oxygen atoms in total. The van der Waals surface area contributed by atoms with Crippen LogP contribution in [0.5, 0.6) is 0 Å². The van der Waals surface area contributed by atoms with Gasteiger partial charge in [0.1, 0.15) is 17.7 Å². The zero-order valence-electron chi connectivity index (χ0n) is 17.4. The third-order valence-electron chi connectivity index (χ3n) is 5.71. The molecule has 3 aromatic rings. The van der Waals surface area contributed by atoms with E-state index in [-0.39, 0.29) is 17.1 Å². The second-order valence-electron chi connectivity index (χ2n) is 7.71. The Morgan fingerprint density at radius 2 is 1.62 bits per heavy atom. The van der Waals surface area contributed by atoms with E-state index in [2.05, 4.69) is 5.10 Å². The fourth-order valence-corrected chi connectivity index (χ4v) is 4.33. The molecule has 10 heteroatoms. The predicted octanol–water partition coefficient (Wildman–Crippen LogP) is 3.87.